The molecule has 0 saturated heterocycles. The van der Waals surface area contributed by atoms with Crippen LogP contribution in [-0.4, -0.2) is 20.7 Å². The lowest BCUT2D eigenvalue weighted by Gasteiger charge is -2.10. The first-order valence-corrected chi connectivity index (χ1v) is 8.26. The fraction of sp³-hybridized carbons (Fsp3) is 0.0833. The lowest BCUT2D eigenvalue weighted by Crippen LogP contribution is -2.17. The molecule has 1 aromatic carbocycles. The summed E-state index contributed by atoms with van der Waals surface area (Å²) in [5, 5.41) is 8.53. The molecule has 0 aliphatic rings. The predicted molar refractivity (Wildman–Crippen MR) is 76.8 cm³/mol. The highest BCUT2D eigenvalue weighted by Crippen LogP contribution is 2.26. The number of anilines is 1. The second-order valence-electron chi connectivity index (χ2n) is 4.23. The lowest BCUT2D eigenvalue weighted by atomic mass is 10.2. The molecule has 0 aliphatic heterocycles. The van der Waals surface area contributed by atoms with Gasteiger partial charge in [0.25, 0.3) is 5.91 Å². The number of thiophene rings is 1. The third kappa shape index (κ3) is 4.94. The largest absolute Gasteiger partial charge is 0.573 e. The summed E-state index contributed by atoms with van der Waals surface area (Å²) in [5.74, 6) is -1.19. The van der Waals surface area contributed by atoms with Crippen LogP contribution in [0, 0.1) is 0 Å². The molecule has 1 heterocycles. The molecule has 0 atom stereocenters. The van der Waals surface area contributed by atoms with Gasteiger partial charge in [-0.1, -0.05) is 6.07 Å². The van der Waals surface area contributed by atoms with Crippen LogP contribution in [0.2, 0.25) is 0 Å². The number of primary sulfonamides is 1. The van der Waals surface area contributed by atoms with E-state index in [4.69, 9.17) is 5.14 Å². The van der Waals surface area contributed by atoms with Crippen molar-refractivity contribution in [3.05, 3.63) is 41.3 Å². The number of benzene rings is 1. The second kappa shape index (κ2) is 6.18. The van der Waals surface area contributed by atoms with Crippen LogP contribution < -0.4 is 15.2 Å². The van der Waals surface area contributed by atoms with Gasteiger partial charge >= 0.3 is 6.36 Å². The van der Waals surface area contributed by atoms with Crippen LogP contribution in [0.3, 0.4) is 0 Å². The summed E-state index contributed by atoms with van der Waals surface area (Å²) in [6.07, 6.45) is -4.85. The highest BCUT2D eigenvalue weighted by molar-refractivity contribution is 7.91. The molecule has 2 rings (SSSR count). The highest BCUT2D eigenvalue weighted by Gasteiger charge is 2.31. The molecule has 23 heavy (non-hydrogen) atoms. The van der Waals surface area contributed by atoms with Gasteiger partial charge in [-0.25, -0.2) is 13.6 Å². The molecule has 3 N–H and O–H groups in total. The Balaban J connectivity index is 2.14. The van der Waals surface area contributed by atoms with E-state index in [0.29, 0.717) is 0 Å². The maximum absolute atomic E-state index is 12.1. The summed E-state index contributed by atoms with van der Waals surface area (Å²) in [6, 6.07) is 5.75. The van der Waals surface area contributed by atoms with E-state index in [9.17, 15) is 26.4 Å². The normalized spacial score (nSPS) is 12.0. The Bertz CT molecular complexity index is 831. The minimum Gasteiger partial charge on any atom is -0.406 e. The van der Waals surface area contributed by atoms with E-state index < -0.39 is 28.0 Å². The summed E-state index contributed by atoms with van der Waals surface area (Å²) < 4.78 is 62.2. The SMILES string of the molecule is NS(=O)(=O)c1cc(C(=O)Nc2cccc(OC(F)(F)F)c2)cs1. The van der Waals surface area contributed by atoms with Gasteiger partial charge < -0.3 is 10.1 Å². The van der Waals surface area contributed by atoms with Crippen LogP contribution in [0.4, 0.5) is 18.9 Å². The molecule has 0 radical (unpaired) electrons. The highest BCUT2D eigenvalue weighted by atomic mass is 32.2. The molecule has 6 nitrogen and oxygen atoms in total. The lowest BCUT2D eigenvalue weighted by molar-refractivity contribution is -0.274. The standard InChI is InChI=1S/C12H9F3N2O4S2/c13-12(14,15)21-9-3-1-2-8(5-9)17-11(18)7-4-10(22-6-7)23(16,19)20/h1-6H,(H,17,18)(H2,16,19,20). The number of hydrogen-bond acceptors (Lipinski definition) is 5. The number of nitrogens with one attached hydrogen (secondary N) is 1. The zero-order valence-corrected chi connectivity index (χ0v) is 12.8. The van der Waals surface area contributed by atoms with Crippen molar-refractivity contribution >= 4 is 33.0 Å². The second-order valence-corrected chi connectivity index (χ2v) is 6.93. The fourth-order valence-corrected chi connectivity index (χ4v) is 3.14. The van der Waals surface area contributed by atoms with Gasteiger partial charge in [0.1, 0.15) is 9.96 Å². The van der Waals surface area contributed by atoms with Crippen molar-refractivity contribution in [1.29, 1.82) is 0 Å². The molecule has 2 aromatic rings. The Labute approximate surface area is 132 Å². The summed E-state index contributed by atoms with van der Waals surface area (Å²) >= 11 is 0.759. The number of amides is 1. The number of hydrogen-bond donors (Lipinski definition) is 2. The molecule has 11 heteroatoms. The van der Waals surface area contributed by atoms with Crippen molar-refractivity contribution in [2.24, 2.45) is 5.14 Å². The van der Waals surface area contributed by atoms with E-state index in [-0.39, 0.29) is 15.5 Å². The average Bonchev–Trinajstić information content (AvgIpc) is 2.86. The van der Waals surface area contributed by atoms with E-state index in [1.165, 1.54) is 17.5 Å². The Morgan fingerprint density at radius 3 is 2.52 bits per heavy atom. The van der Waals surface area contributed by atoms with E-state index in [1.807, 2.05) is 0 Å². The van der Waals surface area contributed by atoms with Crippen molar-refractivity contribution in [2.45, 2.75) is 10.6 Å². The molecule has 0 fully saturated rings. The van der Waals surface area contributed by atoms with Gasteiger partial charge in [-0.2, -0.15) is 0 Å². The molecule has 0 aliphatic carbocycles. The number of alkyl halides is 3. The van der Waals surface area contributed by atoms with Gasteiger partial charge in [0, 0.05) is 17.1 Å². The minimum absolute atomic E-state index is 0.0150. The molecule has 0 saturated carbocycles. The molecule has 0 unspecified atom stereocenters. The third-order valence-electron chi connectivity index (χ3n) is 2.44. The Kier molecular flexibility index (Phi) is 4.63. The number of carbonyl (C=O) groups excluding carboxylic acids is 1. The smallest absolute Gasteiger partial charge is 0.406 e. The van der Waals surface area contributed by atoms with Crippen LogP contribution in [-0.2, 0) is 10.0 Å². The van der Waals surface area contributed by atoms with Gasteiger partial charge in [-0.3, -0.25) is 4.79 Å². The van der Waals surface area contributed by atoms with Crippen LogP contribution in [0.5, 0.6) is 5.75 Å². The molecular formula is C12H9F3N2O4S2. The number of sulfonamides is 1. The van der Waals surface area contributed by atoms with E-state index in [1.54, 1.807) is 0 Å². The van der Waals surface area contributed by atoms with E-state index >= 15 is 0 Å². The Morgan fingerprint density at radius 1 is 1.26 bits per heavy atom. The summed E-state index contributed by atoms with van der Waals surface area (Å²) in [6.45, 7) is 0. The molecule has 124 valence electrons. The topological polar surface area (TPSA) is 98.5 Å². The maximum Gasteiger partial charge on any atom is 0.573 e. The summed E-state index contributed by atoms with van der Waals surface area (Å²) in [7, 11) is -3.92. The fourth-order valence-electron chi connectivity index (χ4n) is 1.56. The predicted octanol–water partition coefficient (Wildman–Crippen LogP) is 2.55. The number of nitrogens with two attached hydrogens (primary N) is 1. The molecule has 0 bridgehead atoms. The van der Waals surface area contributed by atoms with Crippen LogP contribution in [0.15, 0.2) is 39.9 Å². The van der Waals surface area contributed by atoms with Crippen molar-refractivity contribution in [3.8, 4) is 5.75 Å². The summed E-state index contributed by atoms with van der Waals surface area (Å²) in [5.41, 5.74) is 0.0706. The monoisotopic (exact) mass is 366 g/mol. The molecular weight excluding hydrogens is 357 g/mol. The van der Waals surface area contributed by atoms with Crippen molar-refractivity contribution in [1.82, 2.24) is 0 Å². The first-order valence-electron chi connectivity index (χ1n) is 5.83. The first-order chi connectivity index (χ1) is 10.5. The average molecular weight is 366 g/mol. The zero-order chi connectivity index (χ0) is 17.3. The molecule has 1 aromatic heterocycles. The van der Waals surface area contributed by atoms with E-state index in [0.717, 1.165) is 29.5 Å². The van der Waals surface area contributed by atoms with Gasteiger partial charge in [-0.05, 0) is 18.2 Å². The number of carbonyl (C=O) groups is 1. The Hall–Kier alpha value is -2.11. The molecule has 0 spiro atoms. The first kappa shape index (κ1) is 17.2. The van der Waals surface area contributed by atoms with Crippen LogP contribution in [0.25, 0.3) is 0 Å². The zero-order valence-electron chi connectivity index (χ0n) is 11.1. The van der Waals surface area contributed by atoms with Gasteiger partial charge in [0.15, 0.2) is 0 Å². The Morgan fingerprint density at radius 2 is 1.96 bits per heavy atom. The van der Waals surface area contributed by atoms with Crippen LogP contribution >= 0.6 is 11.3 Å². The third-order valence-corrected chi connectivity index (χ3v) is 4.83. The maximum atomic E-state index is 12.1. The van der Waals surface area contributed by atoms with Gasteiger partial charge in [-0.15, -0.1) is 24.5 Å². The van der Waals surface area contributed by atoms with Crippen molar-refractivity contribution in [3.63, 3.8) is 0 Å². The van der Waals surface area contributed by atoms with Crippen molar-refractivity contribution in [2.75, 3.05) is 5.32 Å². The number of ether oxygens (including phenoxy) is 1. The minimum atomic E-state index is -4.85. The van der Waals surface area contributed by atoms with Gasteiger partial charge in [0.05, 0.1) is 5.56 Å². The quantitative estimate of drug-likeness (QED) is 0.869. The van der Waals surface area contributed by atoms with E-state index in [2.05, 4.69) is 10.1 Å². The van der Waals surface area contributed by atoms with Crippen molar-refractivity contribution < 1.29 is 31.1 Å². The number of rotatable bonds is 4. The van der Waals surface area contributed by atoms with Crippen LogP contribution in [0.1, 0.15) is 10.4 Å². The van der Waals surface area contributed by atoms with Gasteiger partial charge in [0.2, 0.25) is 10.0 Å². The summed E-state index contributed by atoms with van der Waals surface area (Å²) in [4.78, 5) is 11.9. The molecule has 1 amide bonds. The number of halogens is 3.